The Bertz CT molecular complexity index is 1160. The molecule has 0 rings (SSSR count). The number of aliphatic hydroxyl groups is 2. The quantitative estimate of drug-likeness (QED) is 0.0417. The van der Waals surface area contributed by atoms with Gasteiger partial charge in [0, 0.05) is 12.8 Å². The molecule has 0 fully saturated rings. The Morgan fingerprint density at radius 2 is 0.512 bits per heavy atom. The van der Waals surface area contributed by atoms with Crippen LogP contribution in [0, 0.1) is 0 Å². The van der Waals surface area contributed by atoms with Crippen molar-refractivity contribution in [2.24, 2.45) is 0 Å². The molecule has 0 aliphatic heterocycles. The fraction of sp³-hybridized carbons (Fsp3) is 0.973. The van der Waals surface area contributed by atoms with Crippen LogP contribution in [-0.4, -0.2) is 47.4 Å². The topological polar surface area (TPSA) is 95.9 Å². The molecule has 0 saturated carbocycles. The first kappa shape index (κ1) is 78.9. The van der Waals surface area contributed by atoms with Crippen LogP contribution >= 0.6 is 0 Å². The minimum absolute atomic E-state index is 0.0224. The van der Waals surface area contributed by atoms with E-state index in [0.717, 1.165) is 38.5 Å². The average molecular weight is 1130 g/mol. The molecule has 0 aromatic carbocycles. The summed E-state index contributed by atoms with van der Waals surface area (Å²) in [4.78, 5) is 24.6. The minimum atomic E-state index is -0.662. The van der Waals surface area contributed by atoms with E-state index in [2.05, 4.69) is 19.2 Å². The monoisotopic (exact) mass is 1130 g/mol. The molecule has 2 atom stereocenters. The Kier molecular flexibility index (Phi) is 69.3. The molecule has 0 bridgehead atoms. The van der Waals surface area contributed by atoms with Crippen molar-refractivity contribution in [2.75, 3.05) is 13.2 Å². The third kappa shape index (κ3) is 66.0. The normalized spacial score (nSPS) is 12.4. The van der Waals surface area contributed by atoms with Gasteiger partial charge in [0.15, 0.2) is 0 Å². The summed E-state index contributed by atoms with van der Waals surface area (Å²) in [6.45, 7) is 5.01. The zero-order valence-corrected chi connectivity index (χ0v) is 54.9. The van der Waals surface area contributed by atoms with Gasteiger partial charge in [-0.3, -0.25) is 9.59 Å². The molecule has 478 valence electrons. The lowest BCUT2D eigenvalue weighted by Crippen LogP contribution is -2.45. The van der Waals surface area contributed by atoms with E-state index in [1.54, 1.807) is 0 Å². The van der Waals surface area contributed by atoms with E-state index in [9.17, 15) is 19.8 Å². The molecular weight excluding hydrogens is 983 g/mol. The summed E-state index contributed by atoms with van der Waals surface area (Å²) in [6.07, 6.45) is 86.0. The smallest absolute Gasteiger partial charge is 0.305 e. The Balaban J connectivity index is 3.33. The molecule has 1 amide bonds. The average Bonchev–Trinajstić information content (AvgIpc) is 3.46. The molecule has 0 aliphatic carbocycles. The Morgan fingerprint density at radius 1 is 0.300 bits per heavy atom. The number of rotatable bonds is 71. The second kappa shape index (κ2) is 70.3. The van der Waals surface area contributed by atoms with Crippen LogP contribution < -0.4 is 5.32 Å². The lowest BCUT2D eigenvalue weighted by atomic mass is 10.0. The van der Waals surface area contributed by atoms with Crippen LogP contribution in [-0.2, 0) is 14.3 Å². The lowest BCUT2D eigenvalue weighted by molar-refractivity contribution is -0.143. The lowest BCUT2D eigenvalue weighted by Gasteiger charge is -2.22. The van der Waals surface area contributed by atoms with E-state index in [0.29, 0.717) is 25.9 Å². The van der Waals surface area contributed by atoms with E-state index < -0.39 is 12.1 Å². The van der Waals surface area contributed by atoms with Gasteiger partial charge in [-0.25, -0.2) is 0 Å². The predicted molar refractivity (Wildman–Crippen MR) is 352 cm³/mol. The van der Waals surface area contributed by atoms with Gasteiger partial charge in [-0.05, 0) is 25.7 Å². The maximum Gasteiger partial charge on any atom is 0.305 e. The van der Waals surface area contributed by atoms with Gasteiger partial charge < -0.3 is 20.3 Å². The van der Waals surface area contributed by atoms with Crippen LogP contribution in [0.3, 0.4) is 0 Å². The van der Waals surface area contributed by atoms with E-state index in [1.807, 2.05) is 0 Å². The summed E-state index contributed by atoms with van der Waals surface area (Å²) in [6, 6.07) is -0.538. The van der Waals surface area contributed by atoms with Crippen LogP contribution in [0.15, 0.2) is 0 Å². The second-order valence-corrected chi connectivity index (χ2v) is 26.0. The van der Waals surface area contributed by atoms with Crippen molar-refractivity contribution >= 4 is 11.9 Å². The summed E-state index contributed by atoms with van der Waals surface area (Å²) in [5, 5.41) is 23.4. The Labute approximate surface area is 502 Å². The van der Waals surface area contributed by atoms with Crippen molar-refractivity contribution in [2.45, 2.75) is 450 Å². The zero-order valence-electron chi connectivity index (χ0n) is 54.9. The molecule has 0 aliphatic rings. The number of aliphatic hydroxyl groups excluding tert-OH is 2. The van der Waals surface area contributed by atoms with Crippen molar-refractivity contribution in [3.8, 4) is 0 Å². The summed E-state index contributed by atoms with van der Waals surface area (Å²) >= 11 is 0. The van der Waals surface area contributed by atoms with Gasteiger partial charge in [-0.2, -0.15) is 0 Å². The van der Waals surface area contributed by atoms with E-state index in [-0.39, 0.29) is 18.5 Å². The molecule has 80 heavy (non-hydrogen) atoms. The number of unbranched alkanes of at least 4 members (excludes halogenated alkanes) is 60. The summed E-state index contributed by atoms with van der Waals surface area (Å²) in [7, 11) is 0. The van der Waals surface area contributed by atoms with Crippen LogP contribution in [0.2, 0.25) is 0 Å². The van der Waals surface area contributed by atoms with Crippen LogP contribution in [0.1, 0.15) is 438 Å². The summed E-state index contributed by atoms with van der Waals surface area (Å²) < 4.78 is 5.49. The maximum absolute atomic E-state index is 12.6. The number of carbonyl (C=O) groups is 2. The van der Waals surface area contributed by atoms with Crippen LogP contribution in [0.4, 0.5) is 0 Å². The third-order valence-corrected chi connectivity index (χ3v) is 17.9. The zero-order chi connectivity index (χ0) is 57.8. The molecule has 0 radical (unpaired) electrons. The van der Waals surface area contributed by atoms with Crippen molar-refractivity contribution < 1.29 is 24.5 Å². The molecule has 0 saturated heterocycles. The van der Waals surface area contributed by atoms with Gasteiger partial charge >= 0.3 is 5.97 Å². The number of carbonyl (C=O) groups excluding carboxylic acids is 2. The fourth-order valence-corrected chi connectivity index (χ4v) is 12.2. The highest BCUT2D eigenvalue weighted by Crippen LogP contribution is 2.20. The van der Waals surface area contributed by atoms with Crippen molar-refractivity contribution in [3.05, 3.63) is 0 Å². The van der Waals surface area contributed by atoms with Gasteiger partial charge in [-0.15, -0.1) is 0 Å². The maximum atomic E-state index is 12.6. The molecule has 6 nitrogen and oxygen atoms in total. The first-order valence-corrected chi connectivity index (χ1v) is 37.3. The minimum Gasteiger partial charge on any atom is -0.466 e. The van der Waals surface area contributed by atoms with Gasteiger partial charge in [0.25, 0.3) is 0 Å². The predicted octanol–water partition coefficient (Wildman–Crippen LogP) is 24.2. The van der Waals surface area contributed by atoms with Crippen LogP contribution in [0.25, 0.3) is 0 Å². The molecule has 0 heterocycles. The molecule has 2 unspecified atom stereocenters. The fourth-order valence-electron chi connectivity index (χ4n) is 12.2. The van der Waals surface area contributed by atoms with Crippen molar-refractivity contribution in [1.82, 2.24) is 5.32 Å². The molecular formula is C74H147NO5. The molecule has 3 N–H and O–H groups in total. The van der Waals surface area contributed by atoms with E-state index >= 15 is 0 Å². The molecule has 0 aromatic heterocycles. The largest absolute Gasteiger partial charge is 0.466 e. The standard InChI is InChI=1S/C74H147NO5/c1-3-5-7-9-11-13-15-17-18-19-20-30-33-36-39-43-46-50-54-58-62-66-72(77)71(70-76)75-73(78)67-63-59-55-51-47-44-40-37-34-31-28-26-24-22-21-23-25-27-29-32-35-38-41-45-49-53-57-61-65-69-80-74(79)68-64-60-56-52-48-42-16-14-12-10-8-6-4-2/h71-72,76-77H,3-70H2,1-2H3,(H,75,78). The Hall–Kier alpha value is -1.14. The highest BCUT2D eigenvalue weighted by atomic mass is 16.5. The first-order chi connectivity index (χ1) is 39.5. The number of nitrogens with one attached hydrogen (secondary N) is 1. The van der Waals surface area contributed by atoms with Gasteiger partial charge in [0.1, 0.15) is 0 Å². The first-order valence-electron chi connectivity index (χ1n) is 37.3. The van der Waals surface area contributed by atoms with Crippen LogP contribution in [0.5, 0.6) is 0 Å². The number of amides is 1. The number of esters is 1. The van der Waals surface area contributed by atoms with E-state index in [1.165, 1.54) is 366 Å². The van der Waals surface area contributed by atoms with Gasteiger partial charge in [0.2, 0.25) is 5.91 Å². The Morgan fingerprint density at radius 3 is 0.762 bits per heavy atom. The number of ether oxygens (including phenoxy) is 1. The van der Waals surface area contributed by atoms with E-state index in [4.69, 9.17) is 4.74 Å². The van der Waals surface area contributed by atoms with Crippen molar-refractivity contribution in [1.29, 1.82) is 0 Å². The SMILES string of the molecule is CCCCCCCCCCCCCCCCCCCCCCCC(O)C(CO)NC(=O)CCCCCCCCCCCCCCCCCCCCCCCCCCCCCCCOC(=O)CCCCCCCCCCCCCCC. The summed E-state index contributed by atoms with van der Waals surface area (Å²) in [5.41, 5.74) is 0. The molecule has 6 heteroatoms. The number of hydrogen-bond acceptors (Lipinski definition) is 5. The number of hydrogen-bond donors (Lipinski definition) is 3. The molecule has 0 spiro atoms. The van der Waals surface area contributed by atoms with Gasteiger partial charge in [0.05, 0.1) is 25.4 Å². The van der Waals surface area contributed by atoms with Gasteiger partial charge in [-0.1, -0.05) is 399 Å². The highest BCUT2D eigenvalue weighted by molar-refractivity contribution is 5.76. The van der Waals surface area contributed by atoms with Crippen molar-refractivity contribution in [3.63, 3.8) is 0 Å². The summed E-state index contributed by atoms with van der Waals surface area (Å²) in [5.74, 6) is -0.00324. The second-order valence-electron chi connectivity index (χ2n) is 26.0. The third-order valence-electron chi connectivity index (χ3n) is 17.9. The highest BCUT2D eigenvalue weighted by Gasteiger charge is 2.20. The molecule has 0 aromatic rings.